The molecule has 0 aliphatic carbocycles. The number of nitrogens with one attached hydrogen (secondary N) is 1. The van der Waals surface area contributed by atoms with Crippen molar-refractivity contribution in [3.63, 3.8) is 0 Å². The van der Waals surface area contributed by atoms with E-state index < -0.39 is 5.60 Å². The van der Waals surface area contributed by atoms with Gasteiger partial charge in [0.15, 0.2) is 5.60 Å². The average molecular weight is 421 g/mol. The lowest BCUT2D eigenvalue weighted by molar-refractivity contribution is -0.156. The van der Waals surface area contributed by atoms with E-state index in [1.54, 1.807) is 35.4 Å². The van der Waals surface area contributed by atoms with Gasteiger partial charge in [-0.05, 0) is 34.7 Å². The maximum absolute atomic E-state index is 13.0. The van der Waals surface area contributed by atoms with Crippen molar-refractivity contribution in [1.29, 1.82) is 0 Å². The summed E-state index contributed by atoms with van der Waals surface area (Å²) < 4.78 is 6.04. The Hall–Kier alpha value is -2.96. The summed E-state index contributed by atoms with van der Waals surface area (Å²) in [5.74, 6) is -0.296. The molecular weight excluding hydrogens is 396 g/mol. The second kappa shape index (κ2) is 8.81. The first kappa shape index (κ1) is 20.3. The van der Waals surface area contributed by atoms with Crippen LogP contribution in [0, 0.1) is 0 Å². The molecule has 4 rings (SSSR count). The molecule has 30 heavy (non-hydrogen) atoms. The van der Waals surface area contributed by atoms with Crippen LogP contribution >= 0.6 is 11.3 Å². The van der Waals surface area contributed by atoms with Crippen LogP contribution in [0.25, 0.3) is 10.4 Å². The number of thiophene rings is 1. The van der Waals surface area contributed by atoms with Crippen LogP contribution in [0.2, 0.25) is 0 Å². The van der Waals surface area contributed by atoms with E-state index in [0.29, 0.717) is 25.1 Å². The first-order valence-corrected chi connectivity index (χ1v) is 10.8. The molecule has 1 aliphatic heterocycles. The van der Waals surface area contributed by atoms with E-state index in [2.05, 4.69) is 28.9 Å². The van der Waals surface area contributed by atoms with Crippen LogP contribution in [0.3, 0.4) is 0 Å². The van der Waals surface area contributed by atoms with Crippen molar-refractivity contribution in [1.82, 2.24) is 10.2 Å². The zero-order valence-corrected chi connectivity index (χ0v) is 17.7. The number of likely N-dealkylation sites (N-methyl/N-ethyl adjacent to an activating group) is 1. The van der Waals surface area contributed by atoms with Crippen LogP contribution in [0.4, 0.5) is 0 Å². The highest BCUT2D eigenvalue weighted by atomic mass is 32.1. The van der Waals surface area contributed by atoms with Crippen molar-refractivity contribution >= 4 is 23.2 Å². The zero-order chi connectivity index (χ0) is 21.0. The lowest BCUT2D eigenvalue weighted by Gasteiger charge is -2.41. The molecule has 1 unspecified atom stereocenters. The Morgan fingerprint density at radius 1 is 1.07 bits per heavy atom. The van der Waals surface area contributed by atoms with Crippen LogP contribution in [0.5, 0.6) is 0 Å². The number of carbonyl (C=O) groups excluding carboxylic acids is 2. The quantitative estimate of drug-likeness (QED) is 0.686. The molecule has 0 radical (unpaired) electrons. The SMILES string of the molecule is CNC(=O)C1(Cc2ccc(-c3cccs3)cc2)CN(C(=O)c2ccccc2)CCO1. The lowest BCUT2D eigenvalue weighted by atomic mass is 9.90. The van der Waals surface area contributed by atoms with E-state index in [9.17, 15) is 9.59 Å². The summed E-state index contributed by atoms with van der Waals surface area (Å²) in [5.41, 5.74) is 1.65. The highest BCUT2D eigenvalue weighted by Crippen LogP contribution is 2.28. The highest BCUT2D eigenvalue weighted by molar-refractivity contribution is 7.13. The predicted molar refractivity (Wildman–Crippen MR) is 119 cm³/mol. The molecule has 154 valence electrons. The third-order valence-electron chi connectivity index (χ3n) is 5.38. The monoisotopic (exact) mass is 420 g/mol. The van der Waals surface area contributed by atoms with Gasteiger partial charge in [0.2, 0.25) is 0 Å². The molecule has 2 amide bonds. The number of morpholine rings is 1. The van der Waals surface area contributed by atoms with E-state index >= 15 is 0 Å². The van der Waals surface area contributed by atoms with Crippen LogP contribution in [0.15, 0.2) is 72.1 Å². The molecule has 1 aromatic heterocycles. The van der Waals surface area contributed by atoms with Crippen molar-refractivity contribution in [2.75, 3.05) is 26.7 Å². The average Bonchev–Trinajstić information content (AvgIpc) is 3.34. The molecule has 2 aromatic carbocycles. The number of amides is 2. The Morgan fingerprint density at radius 3 is 2.50 bits per heavy atom. The number of carbonyl (C=O) groups is 2. The maximum atomic E-state index is 13.0. The Balaban J connectivity index is 1.56. The van der Waals surface area contributed by atoms with Gasteiger partial charge in [-0.2, -0.15) is 0 Å². The Labute approximate surface area is 180 Å². The van der Waals surface area contributed by atoms with Gasteiger partial charge in [-0.1, -0.05) is 48.5 Å². The number of benzene rings is 2. The number of ether oxygens (including phenoxy) is 1. The van der Waals surface area contributed by atoms with Gasteiger partial charge in [0, 0.05) is 30.5 Å². The standard InChI is InChI=1S/C24H24N2O3S/c1-25-23(28)24(16-18-9-11-19(12-10-18)21-8-5-15-30-21)17-26(13-14-29-24)22(27)20-6-3-2-4-7-20/h2-12,15H,13-14,16-17H2,1H3,(H,25,28). The summed E-state index contributed by atoms with van der Waals surface area (Å²) in [4.78, 5) is 28.8. The van der Waals surface area contributed by atoms with Gasteiger partial charge in [-0.25, -0.2) is 0 Å². The molecule has 2 heterocycles. The maximum Gasteiger partial charge on any atom is 0.254 e. The number of rotatable bonds is 5. The molecule has 6 heteroatoms. The zero-order valence-electron chi connectivity index (χ0n) is 16.8. The number of hydrogen-bond donors (Lipinski definition) is 1. The summed E-state index contributed by atoms with van der Waals surface area (Å²) in [6, 6.07) is 21.5. The van der Waals surface area contributed by atoms with Gasteiger partial charge in [0.25, 0.3) is 11.8 Å². The third kappa shape index (κ3) is 4.15. The Morgan fingerprint density at radius 2 is 1.83 bits per heavy atom. The highest BCUT2D eigenvalue weighted by Gasteiger charge is 2.44. The molecule has 0 spiro atoms. The molecule has 1 saturated heterocycles. The van der Waals surface area contributed by atoms with Crippen molar-refractivity contribution in [2.45, 2.75) is 12.0 Å². The fraction of sp³-hybridized carbons (Fsp3) is 0.250. The summed E-state index contributed by atoms with van der Waals surface area (Å²) >= 11 is 1.69. The van der Waals surface area contributed by atoms with Crippen LogP contribution in [-0.2, 0) is 16.0 Å². The van der Waals surface area contributed by atoms with Crippen LogP contribution in [-0.4, -0.2) is 49.1 Å². The second-order valence-corrected chi connectivity index (χ2v) is 8.31. The van der Waals surface area contributed by atoms with E-state index in [4.69, 9.17) is 4.74 Å². The normalized spacial score (nSPS) is 18.8. The van der Waals surface area contributed by atoms with Crippen molar-refractivity contribution < 1.29 is 14.3 Å². The first-order chi connectivity index (χ1) is 14.6. The Bertz CT molecular complexity index is 1000. The Kier molecular flexibility index (Phi) is 5.97. The van der Waals surface area contributed by atoms with Gasteiger partial charge >= 0.3 is 0 Å². The molecule has 1 N–H and O–H groups in total. The van der Waals surface area contributed by atoms with Crippen molar-refractivity contribution in [2.24, 2.45) is 0 Å². The molecule has 3 aromatic rings. The summed E-state index contributed by atoms with van der Waals surface area (Å²) in [6.45, 7) is 0.996. The minimum atomic E-state index is -1.11. The van der Waals surface area contributed by atoms with Gasteiger partial charge in [-0.3, -0.25) is 9.59 Å². The molecule has 1 atom stereocenters. The molecule has 1 fully saturated rings. The molecule has 1 aliphatic rings. The predicted octanol–water partition coefficient (Wildman–Crippen LogP) is 3.62. The lowest BCUT2D eigenvalue weighted by Crippen LogP contribution is -2.61. The molecule has 0 saturated carbocycles. The van der Waals surface area contributed by atoms with Crippen molar-refractivity contribution in [3.05, 3.63) is 83.2 Å². The van der Waals surface area contributed by atoms with E-state index in [-0.39, 0.29) is 18.4 Å². The van der Waals surface area contributed by atoms with Crippen LogP contribution in [0.1, 0.15) is 15.9 Å². The number of hydrogen-bond acceptors (Lipinski definition) is 4. The van der Waals surface area contributed by atoms with E-state index in [1.807, 2.05) is 36.4 Å². The van der Waals surface area contributed by atoms with Gasteiger partial charge < -0.3 is 15.0 Å². The second-order valence-electron chi connectivity index (χ2n) is 7.37. The van der Waals surface area contributed by atoms with Gasteiger partial charge in [0.05, 0.1) is 13.2 Å². The molecular formula is C24H24N2O3S. The number of nitrogens with zero attached hydrogens (tertiary/aromatic N) is 1. The van der Waals surface area contributed by atoms with Crippen LogP contribution < -0.4 is 5.32 Å². The van der Waals surface area contributed by atoms with E-state index in [1.165, 1.54) is 4.88 Å². The summed E-state index contributed by atoms with van der Waals surface area (Å²) in [6.07, 6.45) is 0.399. The van der Waals surface area contributed by atoms with Gasteiger partial charge in [-0.15, -0.1) is 11.3 Å². The fourth-order valence-corrected chi connectivity index (χ4v) is 4.57. The van der Waals surface area contributed by atoms with Crippen molar-refractivity contribution in [3.8, 4) is 10.4 Å². The van der Waals surface area contributed by atoms with Gasteiger partial charge in [0.1, 0.15) is 0 Å². The summed E-state index contributed by atoms with van der Waals surface area (Å²) in [7, 11) is 1.60. The summed E-state index contributed by atoms with van der Waals surface area (Å²) in [5, 5.41) is 4.78. The minimum absolute atomic E-state index is 0.0831. The van der Waals surface area contributed by atoms with E-state index in [0.717, 1.165) is 11.1 Å². The topological polar surface area (TPSA) is 58.6 Å². The first-order valence-electron chi connectivity index (χ1n) is 9.94. The largest absolute Gasteiger partial charge is 0.361 e. The molecule has 0 bridgehead atoms. The minimum Gasteiger partial charge on any atom is -0.361 e. The third-order valence-corrected chi connectivity index (χ3v) is 6.30. The molecule has 5 nitrogen and oxygen atoms in total. The fourth-order valence-electron chi connectivity index (χ4n) is 3.83. The smallest absolute Gasteiger partial charge is 0.254 e.